The molecule has 0 atom stereocenters. The molecule has 12 heavy (non-hydrogen) atoms. The second-order valence-corrected chi connectivity index (χ2v) is 2.84. The van der Waals surface area contributed by atoms with E-state index in [1.807, 2.05) is 0 Å². The van der Waals surface area contributed by atoms with Crippen LogP contribution >= 0.6 is 0 Å². The first-order valence-corrected chi connectivity index (χ1v) is 4.36. The van der Waals surface area contributed by atoms with Gasteiger partial charge in [0.05, 0.1) is 12.4 Å². The molecule has 72 valence electrons. The Balaban J connectivity index is 3.54. The van der Waals surface area contributed by atoms with Crippen LogP contribution in [0.4, 0.5) is 0 Å². The molecule has 4 nitrogen and oxygen atoms in total. The molecule has 0 unspecified atom stereocenters. The van der Waals surface area contributed by atoms with Gasteiger partial charge in [-0.05, 0) is 13.0 Å². The molecule has 4 N–H and O–H groups in total. The smallest absolute Gasteiger partial charge is 0.0918 e. The van der Waals surface area contributed by atoms with Gasteiger partial charge in [0.25, 0.3) is 0 Å². The van der Waals surface area contributed by atoms with Crippen LogP contribution in [0.15, 0.2) is 0 Å². The van der Waals surface area contributed by atoms with Crippen LogP contribution in [-0.4, -0.2) is 42.1 Å². The number of aliphatic hydroxyl groups excluding tert-OH is 1. The van der Waals surface area contributed by atoms with E-state index in [1.165, 1.54) is 0 Å². The Hall–Kier alpha value is -0.610. The third kappa shape index (κ3) is 6.12. The fraction of sp³-hybridized carbons (Fsp3) is 0.875. The first kappa shape index (κ1) is 11.4. The molecule has 0 aliphatic carbocycles. The SMILES string of the molecule is CCCN(CCO)CCC(=N)N. The third-order valence-electron chi connectivity index (χ3n) is 1.65. The molecule has 0 saturated heterocycles. The normalized spacial score (nSPS) is 10.6. The molecule has 0 aliphatic heterocycles. The standard InChI is InChI=1S/C8H19N3O/c1-2-4-11(6-7-12)5-3-8(9)10/h12H,2-7H2,1H3,(H3,9,10). The van der Waals surface area contributed by atoms with E-state index in [0.29, 0.717) is 13.0 Å². The zero-order valence-electron chi connectivity index (χ0n) is 7.71. The molecule has 0 radical (unpaired) electrons. The summed E-state index contributed by atoms with van der Waals surface area (Å²) in [4.78, 5) is 2.11. The van der Waals surface area contributed by atoms with Crippen molar-refractivity contribution in [3.05, 3.63) is 0 Å². The topological polar surface area (TPSA) is 73.3 Å². The molecule has 0 saturated carbocycles. The van der Waals surface area contributed by atoms with E-state index in [4.69, 9.17) is 16.2 Å². The lowest BCUT2D eigenvalue weighted by Crippen LogP contribution is -2.31. The Bertz CT molecular complexity index is 121. The summed E-state index contributed by atoms with van der Waals surface area (Å²) in [5.41, 5.74) is 5.23. The van der Waals surface area contributed by atoms with Crippen molar-refractivity contribution in [1.82, 2.24) is 4.90 Å². The molecule has 0 amide bonds. The fourth-order valence-electron chi connectivity index (χ4n) is 1.07. The molecule has 0 heterocycles. The fourth-order valence-corrected chi connectivity index (χ4v) is 1.07. The van der Waals surface area contributed by atoms with Crippen LogP contribution < -0.4 is 5.73 Å². The number of nitrogens with zero attached hydrogens (tertiary/aromatic N) is 1. The number of nitrogens with two attached hydrogens (primary N) is 1. The third-order valence-corrected chi connectivity index (χ3v) is 1.65. The maximum atomic E-state index is 8.70. The van der Waals surface area contributed by atoms with E-state index in [9.17, 15) is 0 Å². The number of hydrogen-bond donors (Lipinski definition) is 3. The van der Waals surface area contributed by atoms with Crippen LogP contribution in [0.25, 0.3) is 0 Å². The largest absolute Gasteiger partial charge is 0.395 e. The Morgan fingerprint density at radius 3 is 2.50 bits per heavy atom. The van der Waals surface area contributed by atoms with Crippen LogP contribution in [0.1, 0.15) is 19.8 Å². The van der Waals surface area contributed by atoms with Crippen LogP contribution in [0, 0.1) is 5.41 Å². The Kier molecular flexibility index (Phi) is 6.70. The molecule has 0 fully saturated rings. The highest BCUT2D eigenvalue weighted by Gasteiger charge is 2.02. The molecule has 0 spiro atoms. The molecule has 0 aromatic rings. The van der Waals surface area contributed by atoms with Crippen LogP contribution in [-0.2, 0) is 0 Å². The van der Waals surface area contributed by atoms with Gasteiger partial charge in [-0.2, -0.15) is 0 Å². The van der Waals surface area contributed by atoms with Gasteiger partial charge in [0.1, 0.15) is 0 Å². The minimum Gasteiger partial charge on any atom is -0.395 e. The first-order valence-electron chi connectivity index (χ1n) is 4.36. The zero-order valence-corrected chi connectivity index (χ0v) is 7.71. The Morgan fingerprint density at radius 1 is 1.42 bits per heavy atom. The number of hydrogen-bond acceptors (Lipinski definition) is 3. The van der Waals surface area contributed by atoms with Crippen molar-refractivity contribution in [2.24, 2.45) is 5.73 Å². The maximum Gasteiger partial charge on any atom is 0.0918 e. The van der Waals surface area contributed by atoms with E-state index in [2.05, 4.69) is 11.8 Å². The minimum absolute atomic E-state index is 0.178. The first-order chi connectivity index (χ1) is 5.70. The lowest BCUT2D eigenvalue weighted by Gasteiger charge is -2.19. The Morgan fingerprint density at radius 2 is 2.08 bits per heavy atom. The van der Waals surface area contributed by atoms with Crippen molar-refractivity contribution in [3.63, 3.8) is 0 Å². The summed E-state index contributed by atoms with van der Waals surface area (Å²) < 4.78 is 0. The number of aliphatic hydroxyl groups is 1. The number of amidine groups is 1. The maximum absolute atomic E-state index is 8.70. The van der Waals surface area contributed by atoms with Gasteiger partial charge in [-0.15, -0.1) is 0 Å². The van der Waals surface area contributed by atoms with Gasteiger partial charge >= 0.3 is 0 Å². The van der Waals surface area contributed by atoms with Crippen molar-refractivity contribution in [3.8, 4) is 0 Å². The van der Waals surface area contributed by atoms with Crippen molar-refractivity contribution >= 4 is 5.84 Å². The zero-order chi connectivity index (χ0) is 9.40. The van der Waals surface area contributed by atoms with Crippen LogP contribution in [0.3, 0.4) is 0 Å². The predicted octanol–water partition coefficient (Wildman–Crippen LogP) is 0.0168. The summed E-state index contributed by atoms with van der Waals surface area (Å²) in [7, 11) is 0. The predicted molar refractivity (Wildman–Crippen MR) is 50.3 cm³/mol. The minimum atomic E-state index is 0.178. The lowest BCUT2D eigenvalue weighted by molar-refractivity contribution is 0.199. The lowest BCUT2D eigenvalue weighted by atomic mass is 10.3. The quantitative estimate of drug-likeness (QED) is 0.375. The molecule has 0 aliphatic rings. The molecule has 0 aromatic carbocycles. The van der Waals surface area contributed by atoms with E-state index in [0.717, 1.165) is 19.5 Å². The Labute approximate surface area is 73.9 Å². The van der Waals surface area contributed by atoms with Crippen molar-refractivity contribution in [1.29, 1.82) is 5.41 Å². The van der Waals surface area contributed by atoms with Gasteiger partial charge in [0.15, 0.2) is 0 Å². The summed E-state index contributed by atoms with van der Waals surface area (Å²) in [5.74, 6) is 0.217. The summed E-state index contributed by atoms with van der Waals surface area (Å²) in [6.07, 6.45) is 1.66. The van der Waals surface area contributed by atoms with Crippen molar-refractivity contribution in [2.45, 2.75) is 19.8 Å². The summed E-state index contributed by atoms with van der Waals surface area (Å²) >= 11 is 0. The number of nitrogens with one attached hydrogen (secondary N) is 1. The van der Waals surface area contributed by atoms with Gasteiger partial charge < -0.3 is 15.7 Å². The summed E-state index contributed by atoms with van der Waals surface area (Å²) in [5, 5.41) is 15.7. The second-order valence-electron chi connectivity index (χ2n) is 2.84. The molecular weight excluding hydrogens is 154 g/mol. The van der Waals surface area contributed by atoms with Gasteiger partial charge in [0.2, 0.25) is 0 Å². The van der Waals surface area contributed by atoms with E-state index in [1.54, 1.807) is 0 Å². The van der Waals surface area contributed by atoms with E-state index in [-0.39, 0.29) is 12.4 Å². The van der Waals surface area contributed by atoms with Gasteiger partial charge in [0, 0.05) is 19.5 Å². The van der Waals surface area contributed by atoms with Crippen molar-refractivity contribution < 1.29 is 5.11 Å². The van der Waals surface area contributed by atoms with Crippen molar-refractivity contribution in [2.75, 3.05) is 26.2 Å². The molecule has 0 bridgehead atoms. The summed E-state index contributed by atoms with van der Waals surface area (Å²) in [6.45, 7) is 4.70. The molecule has 0 rings (SSSR count). The summed E-state index contributed by atoms with van der Waals surface area (Å²) in [6, 6.07) is 0. The van der Waals surface area contributed by atoms with E-state index >= 15 is 0 Å². The van der Waals surface area contributed by atoms with Gasteiger partial charge in [-0.25, -0.2) is 0 Å². The van der Waals surface area contributed by atoms with Gasteiger partial charge in [-0.1, -0.05) is 6.92 Å². The second kappa shape index (κ2) is 7.06. The van der Waals surface area contributed by atoms with Crippen LogP contribution in [0.2, 0.25) is 0 Å². The van der Waals surface area contributed by atoms with Crippen LogP contribution in [0.5, 0.6) is 0 Å². The molecular formula is C8H19N3O. The highest BCUT2D eigenvalue weighted by Crippen LogP contribution is 1.92. The van der Waals surface area contributed by atoms with E-state index < -0.39 is 0 Å². The number of rotatable bonds is 7. The molecule has 4 heteroatoms. The molecule has 0 aromatic heterocycles. The monoisotopic (exact) mass is 173 g/mol. The van der Waals surface area contributed by atoms with Gasteiger partial charge in [-0.3, -0.25) is 5.41 Å². The average molecular weight is 173 g/mol. The highest BCUT2D eigenvalue weighted by molar-refractivity contribution is 5.76. The highest BCUT2D eigenvalue weighted by atomic mass is 16.3. The average Bonchev–Trinajstić information content (AvgIpc) is 2.01.